The first-order valence-electron chi connectivity index (χ1n) is 8.90. The standard InChI is InChI=1S/C21H20N4O2S/c1-13-16(14(2)25(24-13)15-8-5-4-6-9-15)12-19(26)22-21-23-20-17(27-3)10-7-11-18(20)28-21/h4-11H,12H2,1-3H3,(H,22,23,26). The van der Waals surface area contributed by atoms with Crippen LogP contribution in [0.15, 0.2) is 48.5 Å². The van der Waals surface area contributed by atoms with Crippen molar-refractivity contribution in [2.75, 3.05) is 12.4 Å². The fourth-order valence-corrected chi connectivity index (χ4v) is 4.12. The van der Waals surface area contributed by atoms with Gasteiger partial charge in [-0.3, -0.25) is 4.79 Å². The van der Waals surface area contributed by atoms with E-state index in [0.717, 1.165) is 32.9 Å². The van der Waals surface area contributed by atoms with E-state index in [2.05, 4.69) is 15.4 Å². The third-order valence-corrected chi connectivity index (χ3v) is 5.56. The SMILES string of the molecule is COc1cccc2sc(NC(=O)Cc3c(C)nn(-c4ccccc4)c3C)nc12. The number of carbonyl (C=O) groups is 1. The molecule has 7 heteroatoms. The van der Waals surface area contributed by atoms with E-state index < -0.39 is 0 Å². The van der Waals surface area contributed by atoms with Crippen molar-refractivity contribution in [2.24, 2.45) is 0 Å². The molecular formula is C21H20N4O2S. The molecule has 1 N–H and O–H groups in total. The summed E-state index contributed by atoms with van der Waals surface area (Å²) in [6.45, 7) is 3.91. The molecule has 0 bridgehead atoms. The van der Waals surface area contributed by atoms with Crippen LogP contribution in [0.1, 0.15) is 17.0 Å². The van der Waals surface area contributed by atoms with Crippen LogP contribution in [-0.2, 0) is 11.2 Å². The van der Waals surface area contributed by atoms with Gasteiger partial charge in [0.2, 0.25) is 5.91 Å². The Labute approximate surface area is 166 Å². The number of fused-ring (bicyclic) bond motifs is 1. The molecule has 0 radical (unpaired) electrons. The molecule has 0 aliphatic heterocycles. The fourth-order valence-electron chi connectivity index (χ4n) is 3.22. The van der Waals surface area contributed by atoms with Crippen molar-refractivity contribution in [3.05, 3.63) is 65.5 Å². The van der Waals surface area contributed by atoms with Gasteiger partial charge in [0.25, 0.3) is 0 Å². The first kappa shape index (κ1) is 18.2. The predicted molar refractivity (Wildman–Crippen MR) is 112 cm³/mol. The van der Waals surface area contributed by atoms with Crippen LogP contribution >= 0.6 is 11.3 Å². The number of nitrogens with one attached hydrogen (secondary N) is 1. The lowest BCUT2D eigenvalue weighted by Crippen LogP contribution is -2.15. The first-order chi connectivity index (χ1) is 13.6. The van der Waals surface area contributed by atoms with Gasteiger partial charge in [-0.05, 0) is 38.1 Å². The Bertz CT molecular complexity index is 1150. The minimum absolute atomic E-state index is 0.114. The van der Waals surface area contributed by atoms with Crippen molar-refractivity contribution >= 4 is 32.6 Å². The van der Waals surface area contributed by atoms with Gasteiger partial charge in [0, 0.05) is 11.3 Å². The van der Waals surface area contributed by atoms with Crippen LogP contribution in [0, 0.1) is 13.8 Å². The topological polar surface area (TPSA) is 69.0 Å². The van der Waals surface area contributed by atoms with Gasteiger partial charge in [0.1, 0.15) is 11.3 Å². The number of ether oxygens (including phenoxy) is 1. The number of aromatic nitrogens is 3. The van der Waals surface area contributed by atoms with Crippen LogP contribution in [0.25, 0.3) is 15.9 Å². The fraction of sp³-hybridized carbons (Fsp3) is 0.190. The molecule has 28 heavy (non-hydrogen) atoms. The van der Waals surface area contributed by atoms with E-state index >= 15 is 0 Å². The maximum Gasteiger partial charge on any atom is 0.230 e. The molecular weight excluding hydrogens is 372 g/mol. The predicted octanol–water partition coefficient (Wildman–Crippen LogP) is 4.29. The van der Waals surface area contributed by atoms with Gasteiger partial charge in [-0.1, -0.05) is 35.6 Å². The molecule has 2 aromatic carbocycles. The zero-order valence-corrected chi connectivity index (χ0v) is 16.7. The molecule has 0 aliphatic carbocycles. The van der Waals surface area contributed by atoms with Crippen LogP contribution < -0.4 is 10.1 Å². The number of nitrogens with zero attached hydrogens (tertiary/aromatic N) is 3. The summed E-state index contributed by atoms with van der Waals surface area (Å²) in [6, 6.07) is 15.6. The number of rotatable bonds is 5. The summed E-state index contributed by atoms with van der Waals surface area (Å²) in [5, 5.41) is 8.08. The number of hydrogen-bond acceptors (Lipinski definition) is 5. The van der Waals surface area contributed by atoms with Crippen molar-refractivity contribution in [1.29, 1.82) is 0 Å². The van der Waals surface area contributed by atoms with Gasteiger partial charge in [0.05, 0.1) is 29.6 Å². The van der Waals surface area contributed by atoms with Gasteiger partial charge < -0.3 is 10.1 Å². The summed E-state index contributed by atoms with van der Waals surface area (Å²) in [5.41, 5.74) is 4.48. The molecule has 142 valence electrons. The highest BCUT2D eigenvalue weighted by Crippen LogP contribution is 2.32. The lowest BCUT2D eigenvalue weighted by molar-refractivity contribution is -0.115. The second kappa shape index (κ2) is 7.44. The van der Waals surface area contributed by atoms with E-state index in [1.54, 1.807) is 7.11 Å². The summed E-state index contributed by atoms with van der Waals surface area (Å²) in [4.78, 5) is 17.2. The van der Waals surface area contributed by atoms with Crippen LogP contribution in [0.2, 0.25) is 0 Å². The molecule has 0 atom stereocenters. The minimum Gasteiger partial charge on any atom is -0.494 e. The number of thiazole rings is 1. The molecule has 4 aromatic rings. The van der Waals surface area contributed by atoms with E-state index in [4.69, 9.17) is 4.74 Å². The first-order valence-corrected chi connectivity index (χ1v) is 9.72. The Hall–Kier alpha value is -3.19. The minimum atomic E-state index is -0.114. The van der Waals surface area contributed by atoms with E-state index in [0.29, 0.717) is 10.9 Å². The summed E-state index contributed by atoms with van der Waals surface area (Å²) >= 11 is 1.43. The van der Waals surface area contributed by atoms with Gasteiger partial charge in [-0.15, -0.1) is 0 Å². The van der Waals surface area contributed by atoms with Gasteiger partial charge in [-0.25, -0.2) is 9.67 Å². The van der Waals surface area contributed by atoms with Crippen molar-refractivity contribution in [3.63, 3.8) is 0 Å². The van der Waals surface area contributed by atoms with E-state index in [1.807, 2.05) is 67.1 Å². The lowest BCUT2D eigenvalue weighted by atomic mass is 10.1. The van der Waals surface area contributed by atoms with E-state index in [1.165, 1.54) is 11.3 Å². The second-order valence-corrected chi connectivity index (χ2v) is 7.48. The zero-order chi connectivity index (χ0) is 19.7. The maximum atomic E-state index is 12.7. The molecule has 2 heterocycles. The number of hydrogen-bond donors (Lipinski definition) is 1. The molecule has 6 nitrogen and oxygen atoms in total. The second-order valence-electron chi connectivity index (χ2n) is 6.45. The number of aryl methyl sites for hydroxylation is 1. The smallest absolute Gasteiger partial charge is 0.230 e. The quantitative estimate of drug-likeness (QED) is 0.550. The number of benzene rings is 2. The maximum absolute atomic E-state index is 12.7. The number of amides is 1. The third kappa shape index (κ3) is 3.36. The van der Waals surface area contributed by atoms with E-state index in [-0.39, 0.29) is 12.3 Å². The zero-order valence-electron chi connectivity index (χ0n) is 15.9. The van der Waals surface area contributed by atoms with Gasteiger partial charge in [-0.2, -0.15) is 5.10 Å². The normalized spacial score (nSPS) is 11.0. The highest BCUT2D eigenvalue weighted by atomic mass is 32.1. The number of methoxy groups -OCH3 is 1. The summed E-state index contributed by atoms with van der Waals surface area (Å²) in [5.74, 6) is 0.585. The van der Waals surface area contributed by atoms with Crippen molar-refractivity contribution < 1.29 is 9.53 Å². The molecule has 0 aliphatic rings. The van der Waals surface area contributed by atoms with Crippen molar-refractivity contribution in [3.8, 4) is 11.4 Å². The molecule has 2 aromatic heterocycles. The molecule has 0 unspecified atom stereocenters. The van der Waals surface area contributed by atoms with Crippen molar-refractivity contribution in [1.82, 2.24) is 14.8 Å². The highest BCUT2D eigenvalue weighted by molar-refractivity contribution is 7.22. The monoisotopic (exact) mass is 392 g/mol. The van der Waals surface area contributed by atoms with Crippen LogP contribution in [0.4, 0.5) is 5.13 Å². The van der Waals surface area contributed by atoms with E-state index in [9.17, 15) is 4.79 Å². The largest absolute Gasteiger partial charge is 0.494 e. The third-order valence-electron chi connectivity index (χ3n) is 4.63. The van der Waals surface area contributed by atoms with Gasteiger partial charge >= 0.3 is 0 Å². The number of anilines is 1. The highest BCUT2D eigenvalue weighted by Gasteiger charge is 2.17. The van der Waals surface area contributed by atoms with Crippen LogP contribution in [-0.4, -0.2) is 27.8 Å². The molecule has 0 saturated carbocycles. The summed E-state index contributed by atoms with van der Waals surface area (Å²) < 4.78 is 8.18. The Balaban J connectivity index is 1.55. The average Bonchev–Trinajstić information content (AvgIpc) is 3.23. The molecule has 0 spiro atoms. The average molecular weight is 392 g/mol. The molecule has 4 rings (SSSR count). The number of para-hydroxylation sites is 2. The Morgan fingerprint density at radius 1 is 1.14 bits per heavy atom. The molecule has 0 saturated heterocycles. The van der Waals surface area contributed by atoms with Crippen LogP contribution in [0.3, 0.4) is 0 Å². The van der Waals surface area contributed by atoms with Crippen molar-refractivity contribution in [2.45, 2.75) is 20.3 Å². The molecule has 0 fully saturated rings. The Morgan fingerprint density at radius 3 is 2.68 bits per heavy atom. The summed E-state index contributed by atoms with van der Waals surface area (Å²) in [6.07, 6.45) is 0.248. The Morgan fingerprint density at radius 2 is 1.93 bits per heavy atom. The van der Waals surface area contributed by atoms with Crippen LogP contribution in [0.5, 0.6) is 5.75 Å². The summed E-state index contributed by atoms with van der Waals surface area (Å²) in [7, 11) is 1.61. The molecule has 1 amide bonds. The Kier molecular flexibility index (Phi) is 4.83. The van der Waals surface area contributed by atoms with Gasteiger partial charge in [0.15, 0.2) is 5.13 Å². The number of carbonyl (C=O) groups excluding carboxylic acids is 1. The lowest BCUT2D eigenvalue weighted by Gasteiger charge is -2.05.